The summed E-state index contributed by atoms with van der Waals surface area (Å²) in [4.78, 5) is 0. The van der Waals surface area contributed by atoms with Crippen molar-refractivity contribution in [1.82, 2.24) is 0 Å². The van der Waals surface area contributed by atoms with E-state index in [-0.39, 0.29) is 0 Å². The van der Waals surface area contributed by atoms with E-state index in [2.05, 4.69) is 19.7 Å². The van der Waals surface area contributed by atoms with Crippen LogP contribution in [0.15, 0.2) is 49.1 Å². The maximum absolute atomic E-state index is 3.66. The van der Waals surface area contributed by atoms with Crippen molar-refractivity contribution in [2.75, 3.05) is 0 Å². The summed E-state index contributed by atoms with van der Waals surface area (Å²) in [7, 11) is 0. The van der Waals surface area contributed by atoms with Gasteiger partial charge in [0.15, 0.2) is 0 Å². The van der Waals surface area contributed by atoms with Gasteiger partial charge in [0.2, 0.25) is 0 Å². The Morgan fingerprint density at radius 2 is 1.45 bits per heavy atom. The minimum atomic E-state index is 1.06. The fraction of sp³-hybridized carbons (Fsp3) is 0.273. The number of allylic oxidation sites excluding steroid dienone is 5. The molecule has 0 aromatic heterocycles. The first-order valence-corrected chi connectivity index (χ1v) is 3.61. The van der Waals surface area contributed by atoms with E-state index in [0.29, 0.717) is 0 Å². The van der Waals surface area contributed by atoms with Crippen LogP contribution in [0.4, 0.5) is 0 Å². The van der Waals surface area contributed by atoms with Crippen molar-refractivity contribution in [2.24, 2.45) is 0 Å². The summed E-state index contributed by atoms with van der Waals surface area (Å²) in [5, 5.41) is 0. The monoisotopic (exact) mass is 150 g/mol. The minimum Gasteiger partial charge on any atom is -0.0991 e. The van der Waals surface area contributed by atoms with Crippen LogP contribution in [0.3, 0.4) is 0 Å². The molecule has 0 atom stereocenters. The summed E-state index contributed by atoms with van der Waals surface area (Å²) in [5.41, 5.74) is 2.13. The first-order valence-electron chi connectivity index (χ1n) is 3.61. The van der Waals surface area contributed by atoms with Crippen molar-refractivity contribution in [3.63, 3.8) is 0 Å². The maximum atomic E-state index is 3.66. The minimum absolute atomic E-state index is 1.06. The Hall–Kier alpha value is -1.04. The van der Waals surface area contributed by atoms with Gasteiger partial charge in [0.1, 0.15) is 0 Å². The number of hydrogen-bond acceptors (Lipinski definition) is 0. The SMILES string of the molecule is C=C(C)C(=C)C.C=CC=CC. The molecule has 0 aliphatic rings. The molecular formula is C11H18. The van der Waals surface area contributed by atoms with Crippen molar-refractivity contribution in [2.45, 2.75) is 20.8 Å². The Balaban J connectivity index is 0. The van der Waals surface area contributed by atoms with Gasteiger partial charge in [-0.05, 0) is 20.8 Å². The summed E-state index contributed by atoms with van der Waals surface area (Å²) in [5.74, 6) is 0. The molecule has 0 aliphatic carbocycles. The molecule has 0 saturated heterocycles. The first-order chi connectivity index (χ1) is 5.06. The average Bonchev–Trinajstić information content (AvgIpc) is 1.90. The van der Waals surface area contributed by atoms with Gasteiger partial charge in [0.05, 0.1) is 0 Å². The lowest BCUT2D eigenvalue weighted by molar-refractivity contribution is 1.39. The highest BCUT2D eigenvalue weighted by atomic mass is 13.8. The summed E-state index contributed by atoms with van der Waals surface area (Å²) in [6.45, 7) is 16.6. The highest BCUT2D eigenvalue weighted by molar-refractivity contribution is 5.19. The molecule has 0 fully saturated rings. The lowest BCUT2D eigenvalue weighted by Gasteiger charge is -1.88. The lowest BCUT2D eigenvalue weighted by Crippen LogP contribution is -1.67. The molecular weight excluding hydrogens is 132 g/mol. The van der Waals surface area contributed by atoms with Gasteiger partial charge in [0, 0.05) is 0 Å². The molecule has 0 heterocycles. The highest BCUT2D eigenvalue weighted by Gasteiger charge is 1.77. The van der Waals surface area contributed by atoms with Crippen LogP contribution in [0.2, 0.25) is 0 Å². The van der Waals surface area contributed by atoms with Crippen molar-refractivity contribution < 1.29 is 0 Å². The van der Waals surface area contributed by atoms with E-state index < -0.39 is 0 Å². The van der Waals surface area contributed by atoms with E-state index in [1.165, 1.54) is 0 Å². The summed E-state index contributed by atoms with van der Waals surface area (Å²) in [6, 6.07) is 0. The van der Waals surface area contributed by atoms with Gasteiger partial charge in [-0.15, -0.1) is 0 Å². The molecule has 0 aliphatic heterocycles. The molecule has 0 bridgehead atoms. The Bertz CT molecular complexity index is 147. The van der Waals surface area contributed by atoms with Gasteiger partial charge in [-0.25, -0.2) is 0 Å². The Morgan fingerprint density at radius 1 is 1.09 bits per heavy atom. The number of rotatable bonds is 2. The van der Waals surface area contributed by atoms with E-state index in [1.54, 1.807) is 6.08 Å². The van der Waals surface area contributed by atoms with Gasteiger partial charge < -0.3 is 0 Å². The molecule has 0 rings (SSSR count). The third-order valence-electron chi connectivity index (χ3n) is 1.06. The Morgan fingerprint density at radius 3 is 1.45 bits per heavy atom. The molecule has 62 valence electrons. The second-order valence-electron chi connectivity index (χ2n) is 2.32. The van der Waals surface area contributed by atoms with E-state index in [0.717, 1.165) is 11.1 Å². The van der Waals surface area contributed by atoms with Gasteiger partial charge >= 0.3 is 0 Å². The zero-order valence-electron chi connectivity index (χ0n) is 7.85. The molecule has 0 N–H and O–H groups in total. The quantitative estimate of drug-likeness (QED) is 0.524. The van der Waals surface area contributed by atoms with Crippen LogP contribution in [0, 0.1) is 0 Å². The van der Waals surface area contributed by atoms with E-state index in [1.807, 2.05) is 32.9 Å². The topological polar surface area (TPSA) is 0 Å². The van der Waals surface area contributed by atoms with Gasteiger partial charge in [0.25, 0.3) is 0 Å². The van der Waals surface area contributed by atoms with Crippen LogP contribution in [-0.4, -0.2) is 0 Å². The zero-order chi connectivity index (χ0) is 9.28. The van der Waals surface area contributed by atoms with Crippen molar-refractivity contribution >= 4 is 0 Å². The predicted octanol–water partition coefficient (Wildman–Crippen LogP) is 3.89. The second kappa shape index (κ2) is 8.96. The van der Waals surface area contributed by atoms with E-state index >= 15 is 0 Å². The van der Waals surface area contributed by atoms with Gasteiger partial charge in [-0.2, -0.15) is 0 Å². The average molecular weight is 150 g/mol. The fourth-order valence-electron chi connectivity index (χ4n) is 0.136. The Kier molecular flexibility index (Phi) is 10.3. The lowest BCUT2D eigenvalue weighted by atomic mass is 10.2. The molecule has 0 spiro atoms. The van der Waals surface area contributed by atoms with E-state index in [4.69, 9.17) is 0 Å². The molecule has 0 saturated carbocycles. The standard InChI is InChI=1S/C6H10.C5H8/c1-5(2)6(3)4;1-3-5-4-2/h1,3H2,2,4H3;3-5H,1H2,2H3. The smallest absolute Gasteiger partial charge is 0.0401 e. The molecule has 0 nitrogen and oxygen atoms in total. The second-order valence-corrected chi connectivity index (χ2v) is 2.32. The van der Waals surface area contributed by atoms with Crippen LogP contribution in [0.1, 0.15) is 20.8 Å². The predicted molar refractivity (Wildman–Crippen MR) is 54.6 cm³/mol. The summed E-state index contributed by atoms with van der Waals surface area (Å²) >= 11 is 0. The van der Waals surface area contributed by atoms with Crippen molar-refractivity contribution in [1.29, 1.82) is 0 Å². The molecule has 0 heteroatoms. The van der Waals surface area contributed by atoms with Crippen molar-refractivity contribution in [3.8, 4) is 0 Å². The normalized spacial score (nSPS) is 8.27. The highest BCUT2D eigenvalue weighted by Crippen LogP contribution is 1.98. The third kappa shape index (κ3) is 17.6. The molecule has 0 amide bonds. The van der Waals surface area contributed by atoms with Crippen LogP contribution >= 0.6 is 0 Å². The fourth-order valence-corrected chi connectivity index (χ4v) is 0.136. The molecule has 0 unspecified atom stereocenters. The third-order valence-corrected chi connectivity index (χ3v) is 1.06. The summed E-state index contributed by atoms with van der Waals surface area (Å²) in [6.07, 6.45) is 5.58. The summed E-state index contributed by atoms with van der Waals surface area (Å²) < 4.78 is 0. The van der Waals surface area contributed by atoms with Crippen LogP contribution in [0.25, 0.3) is 0 Å². The van der Waals surface area contributed by atoms with Crippen LogP contribution in [-0.2, 0) is 0 Å². The molecule has 0 aromatic carbocycles. The maximum Gasteiger partial charge on any atom is -0.0401 e. The van der Waals surface area contributed by atoms with Crippen LogP contribution < -0.4 is 0 Å². The van der Waals surface area contributed by atoms with Crippen LogP contribution in [0.5, 0.6) is 0 Å². The zero-order valence-corrected chi connectivity index (χ0v) is 7.85. The van der Waals surface area contributed by atoms with Gasteiger partial charge in [-0.3, -0.25) is 0 Å². The molecule has 0 aromatic rings. The first kappa shape index (κ1) is 12.6. The van der Waals surface area contributed by atoms with Crippen molar-refractivity contribution in [3.05, 3.63) is 49.1 Å². The van der Waals surface area contributed by atoms with Gasteiger partial charge in [-0.1, -0.05) is 49.1 Å². The molecule has 0 radical (unpaired) electrons. The number of hydrogen-bond donors (Lipinski definition) is 0. The Labute approximate surface area is 70.6 Å². The largest absolute Gasteiger partial charge is 0.0991 e. The van der Waals surface area contributed by atoms with E-state index in [9.17, 15) is 0 Å². The molecule has 11 heavy (non-hydrogen) atoms.